The summed E-state index contributed by atoms with van der Waals surface area (Å²) in [4.78, 5) is 10.7. The van der Waals surface area contributed by atoms with E-state index >= 15 is 0 Å². The number of amides is 1. The van der Waals surface area contributed by atoms with Crippen LogP contribution in [0.3, 0.4) is 0 Å². The number of nitrogens with one attached hydrogen (secondary N) is 1. The van der Waals surface area contributed by atoms with Crippen LogP contribution in [0.5, 0.6) is 0 Å². The average Bonchev–Trinajstić information content (AvgIpc) is 2.03. The molecular weight excluding hydrogens is 260 g/mol. The third kappa shape index (κ3) is 4.09. The van der Waals surface area contributed by atoms with E-state index in [0.29, 0.717) is 0 Å². The van der Waals surface area contributed by atoms with E-state index < -0.39 is 21.8 Å². The normalized spacial score (nSPS) is 16.5. The zero-order chi connectivity index (χ0) is 10.6. The highest BCUT2D eigenvalue weighted by molar-refractivity contribution is 6.52. The number of halogens is 4. The summed E-state index contributed by atoms with van der Waals surface area (Å²) >= 11 is 22.1. The standard InChI is InChI=1S/C6H9Cl4NO2/c1-3(8)6(9,10)5(13)11-4(12)2-7/h3,5,13H,2H2,1H3,(H,11,12)/t3-,5+/m0/s1. The summed E-state index contributed by atoms with van der Waals surface area (Å²) in [6, 6.07) is 0. The number of alkyl halides is 4. The van der Waals surface area contributed by atoms with E-state index in [1.54, 1.807) is 0 Å². The molecule has 78 valence electrons. The van der Waals surface area contributed by atoms with Gasteiger partial charge in [0.1, 0.15) is 5.88 Å². The molecule has 0 bridgehead atoms. The molecule has 0 saturated heterocycles. The molecule has 0 aromatic carbocycles. The van der Waals surface area contributed by atoms with Crippen molar-refractivity contribution < 1.29 is 9.90 Å². The summed E-state index contributed by atoms with van der Waals surface area (Å²) in [5, 5.41) is 10.7. The predicted molar refractivity (Wildman–Crippen MR) is 54.6 cm³/mol. The number of rotatable bonds is 4. The maximum atomic E-state index is 10.7. The maximum Gasteiger partial charge on any atom is 0.236 e. The van der Waals surface area contributed by atoms with E-state index in [4.69, 9.17) is 46.4 Å². The predicted octanol–water partition coefficient (Wildman–Crippen LogP) is 1.46. The van der Waals surface area contributed by atoms with Crippen LogP contribution in [0, 0.1) is 0 Å². The van der Waals surface area contributed by atoms with Crippen molar-refractivity contribution in [2.45, 2.75) is 22.9 Å². The topological polar surface area (TPSA) is 49.3 Å². The van der Waals surface area contributed by atoms with Gasteiger partial charge in [-0.1, -0.05) is 23.2 Å². The number of hydrogen-bond donors (Lipinski definition) is 2. The van der Waals surface area contributed by atoms with Crippen molar-refractivity contribution in [1.82, 2.24) is 5.32 Å². The first-order chi connectivity index (χ1) is 5.82. The minimum Gasteiger partial charge on any atom is -0.370 e. The van der Waals surface area contributed by atoms with Crippen molar-refractivity contribution in [1.29, 1.82) is 0 Å². The van der Waals surface area contributed by atoms with Crippen LogP contribution in [0.25, 0.3) is 0 Å². The molecule has 0 heterocycles. The quantitative estimate of drug-likeness (QED) is 0.599. The van der Waals surface area contributed by atoms with Gasteiger partial charge in [-0.05, 0) is 6.92 Å². The third-order valence-corrected chi connectivity index (χ3v) is 3.19. The van der Waals surface area contributed by atoms with Crippen LogP contribution in [0.1, 0.15) is 6.92 Å². The lowest BCUT2D eigenvalue weighted by Crippen LogP contribution is -2.50. The fourth-order valence-corrected chi connectivity index (χ4v) is 0.810. The molecule has 1 amide bonds. The Bertz CT molecular complexity index is 185. The van der Waals surface area contributed by atoms with E-state index in [2.05, 4.69) is 5.32 Å². The Hall–Kier alpha value is 0.590. The Labute approximate surface area is 96.3 Å². The number of carbonyl (C=O) groups is 1. The molecule has 0 aromatic rings. The lowest BCUT2D eigenvalue weighted by atomic mass is 10.3. The molecule has 3 nitrogen and oxygen atoms in total. The Kier molecular flexibility index (Phi) is 5.71. The van der Waals surface area contributed by atoms with Gasteiger partial charge in [-0.2, -0.15) is 0 Å². The van der Waals surface area contributed by atoms with Crippen molar-refractivity contribution in [3.05, 3.63) is 0 Å². The second kappa shape index (κ2) is 5.47. The van der Waals surface area contributed by atoms with Crippen molar-refractivity contribution >= 4 is 52.3 Å². The molecule has 0 aliphatic rings. The molecule has 0 rings (SSSR count). The van der Waals surface area contributed by atoms with Gasteiger partial charge in [0.25, 0.3) is 0 Å². The first-order valence-electron chi connectivity index (χ1n) is 3.37. The van der Waals surface area contributed by atoms with Crippen LogP contribution in [0.4, 0.5) is 0 Å². The van der Waals surface area contributed by atoms with Gasteiger partial charge in [-0.3, -0.25) is 4.79 Å². The average molecular weight is 269 g/mol. The first kappa shape index (κ1) is 13.6. The second-order valence-corrected chi connectivity index (χ2v) is 4.76. The van der Waals surface area contributed by atoms with Crippen molar-refractivity contribution in [2.24, 2.45) is 0 Å². The summed E-state index contributed by atoms with van der Waals surface area (Å²) in [5.41, 5.74) is 0. The van der Waals surface area contributed by atoms with Crippen molar-refractivity contribution in [3.8, 4) is 0 Å². The van der Waals surface area contributed by atoms with E-state index in [9.17, 15) is 9.90 Å². The minimum absolute atomic E-state index is 0.280. The summed E-state index contributed by atoms with van der Waals surface area (Å²) in [6.07, 6.45) is -1.45. The molecule has 2 atom stereocenters. The van der Waals surface area contributed by atoms with Crippen LogP contribution in [-0.4, -0.2) is 32.8 Å². The van der Waals surface area contributed by atoms with Gasteiger partial charge in [0.2, 0.25) is 5.91 Å². The Balaban J connectivity index is 4.24. The zero-order valence-corrected chi connectivity index (χ0v) is 9.75. The van der Waals surface area contributed by atoms with E-state index in [1.807, 2.05) is 0 Å². The highest BCUT2D eigenvalue weighted by Crippen LogP contribution is 2.31. The molecule has 0 aliphatic carbocycles. The second-order valence-electron chi connectivity index (χ2n) is 2.39. The summed E-state index contributed by atoms with van der Waals surface area (Å²) in [6.45, 7) is 1.50. The van der Waals surface area contributed by atoms with Gasteiger partial charge in [0.15, 0.2) is 10.6 Å². The Morgan fingerprint density at radius 1 is 1.62 bits per heavy atom. The first-order valence-corrected chi connectivity index (χ1v) is 5.10. The van der Waals surface area contributed by atoms with Crippen LogP contribution in [0.2, 0.25) is 0 Å². The van der Waals surface area contributed by atoms with Crippen LogP contribution < -0.4 is 5.32 Å². The molecule has 0 saturated carbocycles. The molecule has 0 aromatic heterocycles. The molecule has 13 heavy (non-hydrogen) atoms. The summed E-state index contributed by atoms with van der Waals surface area (Å²) in [5.74, 6) is -0.852. The monoisotopic (exact) mass is 267 g/mol. The van der Waals surface area contributed by atoms with Gasteiger partial charge in [0.05, 0.1) is 5.38 Å². The third-order valence-electron chi connectivity index (χ3n) is 1.31. The van der Waals surface area contributed by atoms with Gasteiger partial charge in [0, 0.05) is 0 Å². The smallest absolute Gasteiger partial charge is 0.236 e. The van der Waals surface area contributed by atoms with E-state index in [1.165, 1.54) is 6.92 Å². The minimum atomic E-state index is -1.64. The van der Waals surface area contributed by atoms with E-state index in [-0.39, 0.29) is 5.88 Å². The Morgan fingerprint density at radius 2 is 2.08 bits per heavy atom. The number of hydrogen-bond acceptors (Lipinski definition) is 2. The van der Waals surface area contributed by atoms with Gasteiger partial charge in [-0.25, -0.2) is 0 Å². The Morgan fingerprint density at radius 3 is 2.38 bits per heavy atom. The van der Waals surface area contributed by atoms with Crippen LogP contribution in [-0.2, 0) is 4.79 Å². The summed E-state index contributed by atoms with van der Waals surface area (Å²) in [7, 11) is 0. The molecule has 2 N–H and O–H groups in total. The van der Waals surface area contributed by atoms with Crippen molar-refractivity contribution in [2.75, 3.05) is 5.88 Å². The summed E-state index contributed by atoms with van der Waals surface area (Å²) < 4.78 is -1.64. The SMILES string of the molecule is C[C@H](Cl)C(Cl)(Cl)[C@@H](O)NC(=O)CCl. The van der Waals surface area contributed by atoms with Gasteiger partial charge in [-0.15, -0.1) is 23.2 Å². The molecule has 0 unspecified atom stereocenters. The molecule has 0 aliphatic heterocycles. The van der Waals surface area contributed by atoms with Crippen LogP contribution >= 0.6 is 46.4 Å². The lowest BCUT2D eigenvalue weighted by molar-refractivity contribution is -0.121. The maximum absolute atomic E-state index is 10.7. The largest absolute Gasteiger partial charge is 0.370 e. The zero-order valence-electron chi connectivity index (χ0n) is 6.73. The van der Waals surface area contributed by atoms with E-state index in [0.717, 1.165) is 0 Å². The molecule has 0 fully saturated rings. The number of carbonyl (C=O) groups excluding carboxylic acids is 1. The van der Waals surface area contributed by atoms with Crippen LogP contribution in [0.15, 0.2) is 0 Å². The lowest BCUT2D eigenvalue weighted by Gasteiger charge is -2.28. The van der Waals surface area contributed by atoms with Gasteiger partial charge < -0.3 is 10.4 Å². The fourth-order valence-electron chi connectivity index (χ4n) is 0.505. The number of aliphatic hydroxyl groups excluding tert-OH is 1. The molecule has 0 spiro atoms. The highest BCUT2D eigenvalue weighted by Gasteiger charge is 2.39. The number of aliphatic hydroxyl groups is 1. The highest BCUT2D eigenvalue weighted by atomic mass is 35.5. The molecule has 7 heteroatoms. The molecular formula is C6H9Cl4NO2. The molecule has 0 radical (unpaired) electrons. The fraction of sp³-hybridized carbons (Fsp3) is 0.833. The van der Waals surface area contributed by atoms with Crippen molar-refractivity contribution in [3.63, 3.8) is 0 Å². The van der Waals surface area contributed by atoms with Gasteiger partial charge >= 0.3 is 0 Å².